The number of H-pyrrole nitrogens is 2. The summed E-state index contributed by atoms with van der Waals surface area (Å²) in [4.78, 5) is 36.3. The predicted octanol–water partition coefficient (Wildman–Crippen LogP) is 2.90. The second-order valence-corrected chi connectivity index (χ2v) is 4.91. The summed E-state index contributed by atoms with van der Waals surface area (Å²) in [6.45, 7) is 1.26. The molecule has 6 nitrogen and oxygen atoms in total. The van der Waals surface area contributed by atoms with Gasteiger partial charge in [0.15, 0.2) is 5.78 Å². The summed E-state index contributed by atoms with van der Waals surface area (Å²) in [5.41, 5.74) is 1.97. The minimum Gasteiger partial charge on any atom is -0.346 e. The number of fused-ring (bicyclic) bond motifs is 2. The van der Waals surface area contributed by atoms with Gasteiger partial charge in [-0.15, -0.1) is 0 Å². The molecule has 0 aliphatic carbocycles. The van der Waals surface area contributed by atoms with Gasteiger partial charge in [-0.2, -0.15) is 0 Å². The fourth-order valence-corrected chi connectivity index (χ4v) is 2.22. The van der Waals surface area contributed by atoms with Crippen molar-refractivity contribution in [3.63, 3.8) is 0 Å². The Balaban J connectivity index is 0.000000149. The van der Waals surface area contributed by atoms with Gasteiger partial charge in [-0.25, -0.2) is 9.97 Å². The Morgan fingerprint density at radius 2 is 1.70 bits per heavy atom. The number of carbonyl (C=O) groups is 2. The summed E-state index contributed by atoms with van der Waals surface area (Å²) in [7, 11) is 0. The van der Waals surface area contributed by atoms with E-state index in [1.54, 1.807) is 24.5 Å². The van der Waals surface area contributed by atoms with Crippen LogP contribution in [0.4, 0.5) is 0 Å². The predicted molar refractivity (Wildman–Crippen MR) is 87.2 cm³/mol. The molecule has 0 radical (unpaired) electrons. The van der Waals surface area contributed by atoms with Crippen LogP contribution in [0, 0.1) is 0 Å². The second kappa shape index (κ2) is 6.23. The third-order valence-electron chi connectivity index (χ3n) is 3.34. The number of carbonyl (C=O) groups excluding carboxylic acids is 2. The highest BCUT2D eigenvalue weighted by atomic mass is 16.2. The Bertz CT molecular complexity index is 954. The van der Waals surface area contributed by atoms with E-state index in [1.807, 2.05) is 24.4 Å². The van der Waals surface area contributed by atoms with E-state index in [4.69, 9.17) is 0 Å². The number of hydrogen-bond acceptors (Lipinski definition) is 4. The summed E-state index contributed by atoms with van der Waals surface area (Å²) in [6.07, 6.45) is 6.80. The van der Waals surface area contributed by atoms with E-state index in [2.05, 4.69) is 19.9 Å². The summed E-state index contributed by atoms with van der Waals surface area (Å²) in [6, 6.07) is 9.44. The highest BCUT2D eigenvalue weighted by Gasteiger charge is 2.15. The molecule has 4 aromatic rings. The maximum absolute atomic E-state index is 11.4. The van der Waals surface area contributed by atoms with Crippen molar-refractivity contribution in [1.29, 1.82) is 0 Å². The maximum Gasteiger partial charge on any atom is 0.230 e. The highest BCUT2D eigenvalue weighted by molar-refractivity contribution is 6.44. The molecule has 0 amide bonds. The molecule has 0 saturated carbocycles. The number of aromatic nitrogens is 4. The van der Waals surface area contributed by atoms with E-state index < -0.39 is 11.6 Å². The largest absolute Gasteiger partial charge is 0.346 e. The Hall–Kier alpha value is -3.28. The first-order valence-corrected chi connectivity index (χ1v) is 7.02. The Morgan fingerprint density at radius 1 is 0.957 bits per heavy atom. The Morgan fingerprint density at radius 3 is 2.43 bits per heavy atom. The third-order valence-corrected chi connectivity index (χ3v) is 3.34. The second-order valence-electron chi connectivity index (χ2n) is 4.91. The normalized spacial score (nSPS) is 10.3. The number of rotatable bonds is 2. The lowest BCUT2D eigenvalue weighted by atomic mass is 10.1. The molecule has 23 heavy (non-hydrogen) atoms. The molecule has 0 spiro atoms. The molecule has 4 rings (SSSR count). The standard InChI is InChI=1S/C10H8N2O2.C7H6N2/c1-6(13)9(14)8-5-12-10-7(8)3-2-4-11-10;1-2-6-3-5-9-7(6)8-4-1/h2-5H,1H3,(H,11,12);1-5H,(H,8,9). The maximum atomic E-state index is 11.4. The number of pyridine rings is 2. The highest BCUT2D eigenvalue weighted by Crippen LogP contribution is 2.16. The van der Waals surface area contributed by atoms with Crippen LogP contribution in [0.3, 0.4) is 0 Å². The summed E-state index contributed by atoms with van der Waals surface area (Å²) >= 11 is 0. The zero-order valence-corrected chi connectivity index (χ0v) is 12.4. The van der Waals surface area contributed by atoms with Gasteiger partial charge in [0, 0.05) is 42.5 Å². The number of aromatic amines is 2. The van der Waals surface area contributed by atoms with Gasteiger partial charge in [-0.05, 0) is 30.3 Å². The van der Waals surface area contributed by atoms with Gasteiger partial charge in [0.25, 0.3) is 0 Å². The summed E-state index contributed by atoms with van der Waals surface area (Å²) < 4.78 is 0. The zero-order chi connectivity index (χ0) is 16.2. The smallest absolute Gasteiger partial charge is 0.230 e. The molecule has 6 heteroatoms. The van der Waals surface area contributed by atoms with Crippen LogP contribution in [0.25, 0.3) is 22.1 Å². The average Bonchev–Trinajstić information content (AvgIpc) is 3.21. The van der Waals surface area contributed by atoms with E-state index >= 15 is 0 Å². The fourth-order valence-electron chi connectivity index (χ4n) is 2.22. The SMILES string of the molecule is CC(=O)C(=O)c1c[nH]c2ncccc12.c1cnc2[nH]ccc2c1. The monoisotopic (exact) mass is 306 g/mol. The van der Waals surface area contributed by atoms with Crippen molar-refractivity contribution in [2.45, 2.75) is 6.92 Å². The van der Waals surface area contributed by atoms with Crippen LogP contribution in [-0.2, 0) is 4.79 Å². The Labute approximate surface area is 131 Å². The lowest BCUT2D eigenvalue weighted by Crippen LogP contribution is -2.08. The molecular formula is C17H14N4O2. The van der Waals surface area contributed by atoms with E-state index in [0.717, 1.165) is 11.0 Å². The molecule has 0 aliphatic heterocycles. The van der Waals surface area contributed by atoms with Crippen LogP contribution in [0.1, 0.15) is 17.3 Å². The fraction of sp³-hybridized carbons (Fsp3) is 0.0588. The molecule has 4 aromatic heterocycles. The van der Waals surface area contributed by atoms with Crippen LogP contribution >= 0.6 is 0 Å². The number of ketones is 2. The topological polar surface area (TPSA) is 91.5 Å². The summed E-state index contributed by atoms with van der Waals surface area (Å²) in [5, 5.41) is 1.85. The molecular weight excluding hydrogens is 292 g/mol. The lowest BCUT2D eigenvalue weighted by molar-refractivity contribution is -0.113. The number of nitrogens with zero attached hydrogens (tertiary/aromatic N) is 2. The van der Waals surface area contributed by atoms with Crippen LogP contribution in [0.5, 0.6) is 0 Å². The molecule has 0 atom stereocenters. The van der Waals surface area contributed by atoms with Crippen molar-refractivity contribution in [2.24, 2.45) is 0 Å². The molecule has 4 heterocycles. The van der Waals surface area contributed by atoms with Crippen molar-refractivity contribution in [2.75, 3.05) is 0 Å². The van der Waals surface area contributed by atoms with Gasteiger partial charge >= 0.3 is 0 Å². The van der Waals surface area contributed by atoms with Crippen molar-refractivity contribution in [1.82, 2.24) is 19.9 Å². The van der Waals surface area contributed by atoms with Crippen LogP contribution in [-0.4, -0.2) is 31.5 Å². The minimum absolute atomic E-state index is 0.389. The molecule has 0 fully saturated rings. The van der Waals surface area contributed by atoms with E-state index in [1.165, 1.54) is 13.1 Å². The quantitative estimate of drug-likeness (QED) is 0.440. The third kappa shape index (κ3) is 3.01. The van der Waals surface area contributed by atoms with Crippen LogP contribution in [0.2, 0.25) is 0 Å². The zero-order valence-electron chi connectivity index (χ0n) is 12.4. The molecule has 114 valence electrons. The Kier molecular flexibility index (Phi) is 3.97. The molecule has 0 unspecified atom stereocenters. The van der Waals surface area contributed by atoms with E-state index in [9.17, 15) is 9.59 Å². The van der Waals surface area contributed by atoms with Crippen LogP contribution in [0.15, 0.2) is 55.1 Å². The van der Waals surface area contributed by atoms with Gasteiger partial charge in [0.05, 0.1) is 5.56 Å². The van der Waals surface area contributed by atoms with Gasteiger partial charge in [0.1, 0.15) is 11.3 Å². The summed E-state index contributed by atoms with van der Waals surface area (Å²) in [5.74, 6) is -0.945. The first kappa shape index (κ1) is 14.6. The van der Waals surface area contributed by atoms with Crippen molar-refractivity contribution in [3.05, 3.63) is 60.7 Å². The van der Waals surface area contributed by atoms with Crippen molar-refractivity contribution in [3.8, 4) is 0 Å². The first-order chi connectivity index (χ1) is 11.2. The van der Waals surface area contributed by atoms with Gasteiger partial charge in [0.2, 0.25) is 5.78 Å². The number of nitrogens with one attached hydrogen (secondary N) is 2. The van der Waals surface area contributed by atoms with Gasteiger partial charge < -0.3 is 9.97 Å². The average molecular weight is 306 g/mol. The van der Waals surface area contributed by atoms with Crippen molar-refractivity contribution >= 4 is 33.6 Å². The van der Waals surface area contributed by atoms with Gasteiger partial charge in [-0.3, -0.25) is 9.59 Å². The number of Topliss-reactive ketones (excluding diaryl/α,β-unsaturated/α-hetero) is 2. The molecule has 0 saturated heterocycles. The lowest BCUT2D eigenvalue weighted by Gasteiger charge is -1.92. The van der Waals surface area contributed by atoms with E-state index in [0.29, 0.717) is 16.6 Å². The first-order valence-electron chi connectivity index (χ1n) is 7.02. The molecule has 2 N–H and O–H groups in total. The number of hydrogen-bond donors (Lipinski definition) is 2. The molecule has 0 aromatic carbocycles. The minimum atomic E-state index is -0.482. The van der Waals surface area contributed by atoms with Gasteiger partial charge in [-0.1, -0.05) is 0 Å². The van der Waals surface area contributed by atoms with E-state index in [-0.39, 0.29) is 0 Å². The van der Waals surface area contributed by atoms with Crippen LogP contribution < -0.4 is 0 Å². The molecule has 0 bridgehead atoms. The molecule has 0 aliphatic rings. The van der Waals surface area contributed by atoms with Crippen molar-refractivity contribution < 1.29 is 9.59 Å².